The maximum absolute atomic E-state index is 10.6. The molecule has 0 aliphatic carbocycles. The third-order valence-corrected chi connectivity index (χ3v) is 1.21. The van der Waals surface area contributed by atoms with E-state index in [1.807, 2.05) is 13.8 Å². The molecular formula is C8H16N2O. The number of rotatable bonds is 3. The molecular weight excluding hydrogens is 140 g/mol. The van der Waals surface area contributed by atoms with Gasteiger partial charge in [-0.3, -0.25) is 0 Å². The zero-order valence-electron chi connectivity index (χ0n) is 7.40. The lowest BCUT2D eigenvalue weighted by Crippen LogP contribution is -2.33. The van der Waals surface area contributed by atoms with Gasteiger partial charge in [0.1, 0.15) is 0 Å². The second-order valence-corrected chi connectivity index (χ2v) is 2.58. The van der Waals surface area contributed by atoms with E-state index in [0.29, 0.717) is 6.54 Å². The topological polar surface area (TPSA) is 41.1 Å². The second kappa shape index (κ2) is 5.77. The molecule has 2 amide bonds. The summed E-state index contributed by atoms with van der Waals surface area (Å²) in [5.41, 5.74) is 1.28. The molecule has 0 aliphatic rings. The average Bonchev–Trinajstić information content (AvgIpc) is 1.97. The van der Waals surface area contributed by atoms with Gasteiger partial charge in [-0.05, 0) is 20.3 Å². The number of hydrogen-bond acceptors (Lipinski definition) is 1. The van der Waals surface area contributed by atoms with Crippen LogP contribution >= 0.6 is 0 Å². The normalized spacial score (nSPS) is 8.64. The van der Waals surface area contributed by atoms with E-state index in [0.717, 1.165) is 6.42 Å². The molecule has 3 nitrogen and oxygen atoms in total. The van der Waals surface area contributed by atoms with Gasteiger partial charge in [0.2, 0.25) is 0 Å². The first-order chi connectivity index (χ1) is 5.16. The fraction of sp³-hybridized carbons (Fsp3) is 0.625. The van der Waals surface area contributed by atoms with Crippen LogP contribution in [0, 0.1) is 0 Å². The van der Waals surface area contributed by atoms with Crippen LogP contribution in [0.5, 0.6) is 0 Å². The molecule has 0 saturated carbocycles. The van der Waals surface area contributed by atoms with Crippen molar-refractivity contribution in [1.29, 1.82) is 0 Å². The Morgan fingerprint density at radius 3 is 2.55 bits per heavy atom. The van der Waals surface area contributed by atoms with Gasteiger partial charge < -0.3 is 10.6 Å². The van der Waals surface area contributed by atoms with Crippen molar-refractivity contribution in [2.45, 2.75) is 20.3 Å². The smallest absolute Gasteiger partial charge is 0.314 e. The maximum atomic E-state index is 10.6. The molecule has 0 bridgehead atoms. The Hall–Kier alpha value is -0.990. The molecule has 0 saturated heterocycles. The van der Waals surface area contributed by atoms with Gasteiger partial charge in [-0.25, -0.2) is 4.79 Å². The van der Waals surface area contributed by atoms with Crippen LogP contribution in [0.15, 0.2) is 11.6 Å². The lowest BCUT2D eigenvalue weighted by atomic mass is 10.3. The van der Waals surface area contributed by atoms with E-state index in [-0.39, 0.29) is 6.03 Å². The highest BCUT2D eigenvalue weighted by Crippen LogP contribution is 1.90. The summed E-state index contributed by atoms with van der Waals surface area (Å²) in [7, 11) is 1.61. The monoisotopic (exact) mass is 156 g/mol. The third kappa shape index (κ3) is 6.90. The Balaban J connectivity index is 3.28. The highest BCUT2D eigenvalue weighted by Gasteiger charge is 1.91. The summed E-state index contributed by atoms with van der Waals surface area (Å²) in [6, 6.07) is -0.118. The summed E-state index contributed by atoms with van der Waals surface area (Å²) >= 11 is 0. The molecule has 0 unspecified atom stereocenters. The quantitative estimate of drug-likeness (QED) is 0.469. The molecule has 0 atom stereocenters. The molecule has 0 rings (SSSR count). The standard InChI is InChI=1S/C8H16N2O/c1-7(2)5-4-6-10-8(11)9-3/h5H,4,6H2,1-3H3,(H2,9,10,11). The molecule has 0 spiro atoms. The van der Waals surface area contributed by atoms with Gasteiger partial charge in [0.25, 0.3) is 0 Å². The average molecular weight is 156 g/mol. The van der Waals surface area contributed by atoms with Crippen molar-refractivity contribution in [3.63, 3.8) is 0 Å². The third-order valence-electron chi connectivity index (χ3n) is 1.21. The minimum Gasteiger partial charge on any atom is -0.341 e. The first kappa shape index (κ1) is 10.0. The van der Waals surface area contributed by atoms with Gasteiger partial charge in [0, 0.05) is 13.6 Å². The zero-order chi connectivity index (χ0) is 8.69. The molecule has 0 aromatic heterocycles. The SMILES string of the molecule is CNC(=O)NCCC=C(C)C. The number of nitrogens with one attached hydrogen (secondary N) is 2. The summed E-state index contributed by atoms with van der Waals surface area (Å²) in [6.45, 7) is 4.78. The molecule has 0 aromatic rings. The number of carbonyl (C=O) groups excluding carboxylic acids is 1. The Kier molecular flexibility index (Phi) is 5.25. The molecule has 2 N–H and O–H groups in total. The van der Waals surface area contributed by atoms with E-state index >= 15 is 0 Å². The van der Waals surface area contributed by atoms with Crippen LogP contribution in [0.25, 0.3) is 0 Å². The molecule has 11 heavy (non-hydrogen) atoms. The van der Waals surface area contributed by atoms with Crippen LogP contribution in [-0.2, 0) is 0 Å². The summed E-state index contributed by atoms with van der Waals surface area (Å²) in [6.07, 6.45) is 2.99. The van der Waals surface area contributed by atoms with E-state index in [4.69, 9.17) is 0 Å². The van der Waals surface area contributed by atoms with Gasteiger partial charge in [-0.15, -0.1) is 0 Å². The number of urea groups is 1. The molecule has 0 fully saturated rings. The van der Waals surface area contributed by atoms with Gasteiger partial charge in [-0.1, -0.05) is 11.6 Å². The van der Waals surface area contributed by atoms with E-state index in [1.165, 1.54) is 5.57 Å². The Bertz CT molecular complexity index is 148. The fourth-order valence-electron chi connectivity index (χ4n) is 0.635. The Labute approximate surface area is 67.9 Å². The van der Waals surface area contributed by atoms with Gasteiger partial charge in [0.05, 0.1) is 0 Å². The van der Waals surface area contributed by atoms with Crippen molar-refractivity contribution in [1.82, 2.24) is 10.6 Å². The van der Waals surface area contributed by atoms with Crippen LogP contribution in [0.4, 0.5) is 4.79 Å². The number of allylic oxidation sites excluding steroid dienone is 1. The zero-order valence-corrected chi connectivity index (χ0v) is 7.40. The van der Waals surface area contributed by atoms with E-state index in [2.05, 4.69) is 16.7 Å². The highest BCUT2D eigenvalue weighted by atomic mass is 16.2. The lowest BCUT2D eigenvalue weighted by molar-refractivity contribution is 0.243. The van der Waals surface area contributed by atoms with Crippen molar-refractivity contribution in [2.24, 2.45) is 0 Å². The van der Waals surface area contributed by atoms with Crippen LogP contribution in [0.3, 0.4) is 0 Å². The predicted molar refractivity (Wildman–Crippen MR) is 46.5 cm³/mol. The largest absolute Gasteiger partial charge is 0.341 e. The first-order valence-corrected chi connectivity index (χ1v) is 3.75. The Morgan fingerprint density at radius 2 is 2.09 bits per heavy atom. The van der Waals surface area contributed by atoms with E-state index < -0.39 is 0 Å². The summed E-state index contributed by atoms with van der Waals surface area (Å²) < 4.78 is 0. The highest BCUT2D eigenvalue weighted by molar-refractivity contribution is 5.73. The number of hydrogen-bond donors (Lipinski definition) is 2. The Morgan fingerprint density at radius 1 is 1.45 bits per heavy atom. The van der Waals surface area contributed by atoms with Crippen LogP contribution in [0.1, 0.15) is 20.3 Å². The molecule has 64 valence electrons. The van der Waals surface area contributed by atoms with Crippen molar-refractivity contribution in [3.8, 4) is 0 Å². The van der Waals surface area contributed by atoms with Crippen molar-refractivity contribution in [3.05, 3.63) is 11.6 Å². The predicted octanol–water partition coefficient (Wildman–Crippen LogP) is 1.27. The molecule has 0 radical (unpaired) electrons. The van der Waals surface area contributed by atoms with Gasteiger partial charge in [-0.2, -0.15) is 0 Å². The van der Waals surface area contributed by atoms with E-state index in [9.17, 15) is 4.79 Å². The number of carbonyl (C=O) groups is 1. The summed E-state index contributed by atoms with van der Waals surface area (Å²) in [5, 5.41) is 5.18. The fourth-order valence-corrected chi connectivity index (χ4v) is 0.635. The molecule has 3 heteroatoms. The molecule has 0 aliphatic heterocycles. The van der Waals surface area contributed by atoms with Crippen LogP contribution < -0.4 is 10.6 Å². The lowest BCUT2D eigenvalue weighted by Gasteiger charge is -2.00. The minimum atomic E-state index is -0.118. The van der Waals surface area contributed by atoms with E-state index in [1.54, 1.807) is 7.05 Å². The minimum absolute atomic E-state index is 0.118. The summed E-state index contributed by atoms with van der Waals surface area (Å²) in [5.74, 6) is 0. The van der Waals surface area contributed by atoms with Crippen molar-refractivity contribution in [2.75, 3.05) is 13.6 Å². The van der Waals surface area contributed by atoms with Crippen molar-refractivity contribution >= 4 is 6.03 Å². The molecule has 0 heterocycles. The van der Waals surface area contributed by atoms with Crippen LogP contribution in [0.2, 0.25) is 0 Å². The van der Waals surface area contributed by atoms with Gasteiger partial charge >= 0.3 is 6.03 Å². The van der Waals surface area contributed by atoms with Crippen LogP contribution in [-0.4, -0.2) is 19.6 Å². The van der Waals surface area contributed by atoms with Crippen molar-refractivity contribution < 1.29 is 4.79 Å². The second-order valence-electron chi connectivity index (χ2n) is 2.58. The first-order valence-electron chi connectivity index (χ1n) is 3.75. The number of amides is 2. The molecule has 0 aromatic carbocycles. The summed E-state index contributed by atoms with van der Waals surface area (Å²) in [4.78, 5) is 10.6. The maximum Gasteiger partial charge on any atom is 0.314 e. The van der Waals surface area contributed by atoms with Gasteiger partial charge in [0.15, 0.2) is 0 Å².